The van der Waals surface area contributed by atoms with E-state index in [0.29, 0.717) is 37.5 Å². The zero-order chi connectivity index (χ0) is 45.4. The maximum Gasteiger partial charge on any atom is 0.328 e. The van der Waals surface area contributed by atoms with Gasteiger partial charge in [0.1, 0.15) is 23.1 Å². The molecule has 0 bridgehead atoms. The van der Waals surface area contributed by atoms with Crippen molar-refractivity contribution in [1.82, 2.24) is 9.80 Å². The van der Waals surface area contributed by atoms with Crippen LogP contribution >= 0.6 is 23.2 Å². The molecule has 0 saturated carbocycles. The third-order valence-corrected chi connectivity index (χ3v) is 10.5. The maximum atomic E-state index is 13.3. The first kappa shape index (κ1) is 51.1. The van der Waals surface area contributed by atoms with Crippen LogP contribution in [-0.4, -0.2) is 95.5 Å². The molecule has 334 valence electrons. The summed E-state index contributed by atoms with van der Waals surface area (Å²) in [6.07, 6.45) is 0.457. The lowest BCUT2D eigenvalue weighted by Gasteiger charge is -2.32. The summed E-state index contributed by atoms with van der Waals surface area (Å²) >= 11 is 11.7. The van der Waals surface area contributed by atoms with Crippen LogP contribution < -0.4 is 9.47 Å². The summed E-state index contributed by atoms with van der Waals surface area (Å²) in [6, 6.07) is 32.2. The Bertz CT molecular complexity index is 1970. The number of methoxy groups -OCH3 is 2. The van der Waals surface area contributed by atoms with Crippen LogP contribution in [0.25, 0.3) is 0 Å². The molecule has 1 N–H and O–H groups in total. The fourth-order valence-electron chi connectivity index (χ4n) is 6.44. The Kier molecular flexibility index (Phi) is 22.8. The van der Waals surface area contributed by atoms with E-state index >= 15 is 0 Å². The number of rotatable bonds is 25. The van der Waals surface area contributed by atoms with E-state index in [1.165, 1.54) is 18.7 Å². The van der Waals surface area contributed by atoms with Crippen molar-refractivity contribution in [2.75, 3.05) is 39.2 Å². The molecule has 0 saturated heterocycles. The van der Waals surface area contributed by atoms with Crippen molar-refractivity contribution < 1.29 is 48.0 Å². The van der Waals surface area contributed by atoms with Gasteiger partial charge in [0, 0.05) is 24.8 Å². The molecule has 0 aliphatic carbocycles. The van der Waals surface area contributed by atoms with E-state index < -0.39 is 29.8 Å². The second kappa shape index (κ2) is 27.6. The largest absolute Gasteiger partial charge is 0.497 e. The van der Waals surface area contributed by atoms with Crippen LogP contribution in [0.15, 0.2) is 109 Å². The Morgan fingerprint density at radius 1 is 0.565 bits per heavy atom. The number of ether oxygens (including phenoxy) is 4. The number of aliphatic carboxylic acids is 1. The highest BCUT2D eigenvalue weighted by Crippen LogP contribution is 2.22. The number of carboxylic acids is 1. The highest BCUT2D eigenvalue weighted by molar-refractivity contribution is 6.18. The van der Waals surface area contributed by atoms with E-state index in [1.54, 1.807) is 43.4 Å². The summed E-state index contributed by atoms with van der Waals surface area (Å²) < 4.78 is 21.9. The van der Waals surface area contributed by atoms with Crippen molar-refractivity contribution >= 4 is 52.6 Å². The van der Waals surface area contributed by atoms with Gasteiger partial charge in [-0.2, -0.15) is 0 Å². The van der Waals surface area contributed by atoms with Crippen LogP contribution in [0.1, 0.15) is 55.9 Å². The Morgan fingerprint density at radius 3 is 1.32 bits per heavy atom. The number of nitrogens with zero attached hydrogens (tertiary/aromatic N) is 2. The summed E-state index contributed by atoms with van der Waals surface area (Å²) in [5.41, 5.74) is 3.60. The van der Waals surface area contributed by atoms with E-state index in [9.17, 15) is 29.1 Å². The molecule has 0 spiro atoms. The highest BCUT2D eigenvalue weighted by atomic mass is 35.5. The van der Waals surface area contributed by atoms with Crippen LogP contribution in [0.4, 0.5) is 0 Å². The van der Waals surface area contributed by atoms with Gasteiger partial charge >= 0.3 is 5.97 Å². The predicted molar refractivity (Wildman–Crippen MR) is 239 cm³/mol. The Hall–Kier alpha value is -5.27. The third kappa shape index (κ3) is 16.9. The normalized spacial score (nSPS) is 12.7. The smallest absolute Gasteiger partial charge is 0.328 e. The SMILES string of the molecule is COc1ccc(CN(C(=O)[C@@H](CCCl)C(C)=O)[C@@H](COCc2ccccc2)C(=O)O)cc1.COc1ccc(CN(C(=O)[C@@H](CCCl)C(C)=O)[C@H](C)COCc2ccccc2)cc1. The van der Waals surface area contributed by atoms with Gasteiger partial charge in [-0.15, -0.1) is 23.2 Å². The monoisotopic (exact) mass is 892 g/mol. The Labute approximate surface area is 375 Å². The summed E-state index contributed by atoms with van der Waals surface area (Å²) in [5.74, 6) is -2.54. The molecule has 0 aromatic heterocycles. The number of amides is 2. The topological polar surface area (TPSA) is 149 Å². The molecule has 4 aromatic carbocycles. The molecular formula is C48H58Cl2N2O10. The third-order valence-electron chi connectivity index (χ3n) is 10.0. The van der Waals surface area contributed by atoms with Crippen LogP contribution in [-0.2, 0) is 59.7 Å². The first-order valence-electron chi connectivity index (χ1n) is 20.3. The predicted octanol–water partition coefficient (Wildman–Crippen LogP) is 7.99. The van der Waals surface area contributed by atoms with Crippen molar-refractivity contribution in [3.63, 3.8) is 0 Å². The van der Waals surface area contributed by atoms with E-state index in [-0.39, 0.29) is 61.5 Å². The van der Waals surface area contributed by atoms with Crippen LogP contribution in [0.5, 0.6) is 11.5 Å². The molecule has 4 aromatic rings. The summed E-state index contributed by atoms with van der Waals surface area (Å²) in [5, 5.41) is 9.90. The lowest BCUT2D eigenvalue weighted by Crippen LogP contribution is -2.50. The molecule has 0 unspecified atom stereocenters. The number of carboxylic acid groups (broad SMARTS) is 1. The number of alkyl halides is 2. The molecular weight excluding hydrogens is 835 g/mol. The minimum atomic E-state index is -1.27. The maximum absolute atomic E-state index is 13.3. The van der Waals surface area contributed by atoms with Gasteiger partial charge < -0.3 is 33.9 Å². The molecule has 4 atom stereocenters. The van der Waals surface area contributed by atoms with Crippen molar-refractivity contribution in [3.05, 3.63) is 131 Å². The minimum absolute atomic E-state index is 0.000553. The van der Waals surface area contributed by atoms with Crippen LogP contribution in [0.3, 0.4) is 0 Å². The van der Waals surface area contributed by atoms with Gasteiger partial charge in [-0.05, 0) is 80.1 Å². The number of carbonyl (C=O) groups is 5. The summed E-state index contributed by atoms with van der Waals surface area (Å²) in [6.45, 7) is 5.87. The molecule has 0 fully saturated rings. The summed E-state index contributed by atoms with van der Waals surface area (Å²) in [7, 11) is 3.15. The van der Waals surface area contributed by atoms with Crippen molar-refractivity contribution in [2.24, 2.45) is 11.8 Å². The van der Waals surface area contributed by atoms with Crippen LogP contribution in [0.2, 0.25) is 0 Å². The molecule has 14 heteroatoms. The van der Waals surface area contributed by atoms with Crippen LogP contribution in [0, 0.1) is 11.8 Å². The molecule has 0 heterocycles. The second-order valence-corrected chi connectivity index (χ2v) is 15.4. The molecule has 62 heavy (non-hydrogen) atoms. The first-order chi connectivity index (χ1) is 29.8. The van der Waals surface area contributed by atoms with Gasteiger partial charge in [-0.3, -0.25) is 19.2 Å². The molecule has 4 rings (SSSR count). The van der Waals surface area contributed by atoms with Crippen molar-refractivity contribution in [2.45, 2.75) is 72.0 Å². The number of benzene rings is 4. The molecule has 2 amide bonds. The Balaban J connectivity index is 0.000000331. The standard InChI is InChI=1S/C24H28ClNO6.C24H30ClNO4/c1-17(27)21(12-13-25)23(28)26(14-18-8-10-20(31-2)11-9-18)22(24(29)30)16-32-15-19-6-4-3-5-7-19;1-18(16-30-17-21-7-5-4-6-8-21)26(24(28)23(13-14-25)19(2)27)15-20-9-11-22(29-3)12-10-20/h3-11,21-22H,12-16H2,1-2H3,(H,29,30);4-12,18,23H,13-17H2,1-3H3/t21-,22-;18-,23+/m01/s1. The first-order valence-corrected chi connectivity index (χ1v) is 21.4. The van der Waals surface area contributed by atoms with Gasteiger partial charge in [0.05, 0.1) is 58.5 Å². The van der Waals surface area contributed by atoms with Gasteiger partial charge in [-0.25, -0.2) is 4.79 Å². The molecule has 12 nitrogen and oxygen atoms in total. The fourth-order valence-corrected chi connectivity index (χ4v) is 6.87. The Morgan fingerprint density at radius 2 is 0.952 bits per heavy atom. The highest BCUT2D eigenvalue weighted by Gasteiger charge is 2.36. The number of hydrogen-bond acceptors (Lipinski definition) is 9. The summed E-state index contributed by atoms with van der Waals surface area (Å²) in [4.78, 5) is 65.7. The molecule has 0 aliphatic rings. The van der Waals surface area contributed by atoms with E-state index in [4.69, 9.17) is 42.1 Å². The van der Waals surface area contributed by atoms with E-state index in [1.807, 2.05) is 91.9 Å². The average molecular weight is 894 g/mol. The zero-order valence-electron chi connectivity index (χ0n) is 36.0. The number of Topliss-reactive ketones (excluding diaryl/α,β-unsaturated/α-hetero) is 2. The number of hydrogen-bond donors (Lipinski definition) is 1. The van der Waals surface area contributed by atoms with E-state index in [2.05, 4.69) is 0 Å². The minimum Gasteiger partial charge on any atom is -0.497 e. The second-order valence-electron chi connectivity index (χ2n) is 14.6. The van der Waals surface area contributed by atoms with Crippen molar-refractivity contribution in [3.8, 4) is 11.5 Å². The number of ketones is 2. The number of carbonyl (C=O) groups excluding carboxylic acids is 4. The molecule has 0 aliphatic heterocycles. The number of halogens is 2. The van der Waals surface area contributed by atoms with Gasteiger partial charge in [0.25, 0.3) is 0 Å². The van der Waals surface area contributed by atoms with Gasteiger partial charge in [0.15, 0.2) is 6.04 Å². The van der Waals surface area contributed by atoms with Gasteiger partial charge in [0.2, 0.25) is 11.8 Å². The van der Waals surface area contributed by atoms with Gasteiger partial charge in [-0.1, -0.05) is 84.9 Å². The lowest BCUT2D eigenvalue weighted by atomic mass is 9.98. The van der Waals surface area contributed by atoms with Crippen molar-refractivity contribution in [1.29, 1.82) is 0 Å². The van der Waals surface area contributed by atoms with E-state index in [0.717, 1.165) is 22.4 Å². The lowest BCUT2D eigenvalue weighted by molar-refractivity contribution is -0.157. The fraction of sp³-hybridized carbons (Fsp3) is 0.396. The average Bonchev–Trinajstić information content (AvgIpc) is 3.28. The molecule has 0 radical (unpaired) electrons. The quantitative estimate of drug-likeness (QED) is 0.0513. The zero-order valence-corrected chi connectivity index (χ0v) is 37.6.